The molecule has 2 amide bonds. The highest BCUT2D eigenvalue weighted by molar-refractivity contribution is 6.03. The number of aldehydes is 2. The van der Waals surface area contributed by atoms with Gasteiger partial charge in [-0.3, -0.25) is 14.4 Å². The van der Waals surface area contributed by atoms with Crippen LogP contribution in [0.3, 0.4) is 0 Å². The van der Waals surface area contributed by atoms with E-state index < -0.39 is 11.9 Å². The summed E-state index contributed by atoms with van der Waals surface area (Å²) in [5.74, 6) is -0.886. The minimum atomic E-state index is -0.802. The second kappa shape index (κ2) is 7.92. The van der Waals surface area contributed by atoms with Gasteiger partial charge in [0.15, 0.2) is 6.29 Å². The summed E-state index contributed by atoms with van der Waals surface area (Å²) in [4.78, 5) is 47.2. The third kappa shape index (κ3) is 3.91. The summed E-state index contributed by atoms with van der Waals surface area (Å²) in [5.41, 5.74) is 6.30. The van der Waals surface area contributed by atoms with Gasteiger partial charge in [-0.25, -0.2) is 0 Å². The van der Waals surface area contributed by atoms with E-state index in [1.54, 1.807) is 0 Å². The predicted molar refractivity (Wildman–Crippen MR) is 81.5 cm³/mol. The molecule has 0 fully saturated rings. The van der Waals surface area contributed by atoms with Gasteiger partial charge < -0.3 is 20.7 Å². The lowest BCUT2D eigenvalue weighted by atomic mass is 10.0. The number of anilines is 1. The van der Waals surface area contributed by atoms with E-state index in [1.165, 1.54) is 37.2 Å². The Morgan fingerprint density at radius 2 is 2.05 bits per heavy atom. The number of rotatable bonds is 7. The highest BCUT2D eigenvalue weighted by Crippen LogP contribution is 2.16. The molecular formula is C15H19N3O4. The topological polar surface area (TPSA) is 110 Å². The van der Waals surface area contributed by atoms with Gasteiger partial charge in [0.05, 0.1) is 5.56 Å². The molecule has 22 heavy (non-hydrogen) atoms. The second-order valence-electron chi connectivity index (χ2n) is 4.75. The van der Waals surface area contributed by atoms with Crippen molar-refractivity contribution in [2.45, 2.75) is 18.9 Å². The molecule has 0 aliphatic carbocycles. The third-order valence-electron chi connectivity index (χ3n) is 3.33. The van der Waals surface area contributed by atoms with Crippen molar-refractivity contribution in [1.29, 1.82) is 0 Å². The van der Waals surface area contributed by atoms with E-state index in [0.29, 0.717) is 18.3 Å². The zero-order chi connectivity index (χ0) is 16.7. The van der Waals surface area contributed by atoms with Crippen molar-refractivity contribution in [1.82, 2.24) is 10.2 Å². The average Bonchev–Trinajstić information content (AvgIpc) is 2.53. The van der Waals surface area contributed by atoms with Crippen LogP contribution in [0.1, 0.15) is 33.6 Å². The first kappa shape index (κ1) is 17.4. The number of nitrogens with one attached hydrogen (secondary N) is 1. The number of amides is 2. The maximum absolute atomic E-state index is 12.5. The monoisotopic (exact) mass is 305 g/mol. The first-order chi connectivity index (χ1) is 10.5. The van der Waals surface area contributed by atoms with Gasteiger partial charge in [0.2, 0.25) is 5.91 Å². The summed E-state index contributed by atoms with van der Waals surface area (Å²) in [5, 5.41) is 2.46. The van der Waals surface area contributed by atoms with E-state index in [2.05, 4.69) is 5.32 Å². The summed E-state index contributed by atoms with van der Waals surface area (Å²) in [7, 11) is 2.90. The predicted octanol–water partition coefficient (Wildman–Crippen LogP) is 0.247. The summed E-state index contributed by atoms with van der Waals surface area (Å²) in [6, 6.07) is 3.56. The Labute approximate surface area is 128 Å². The van der Waals surface area contributed by atoms with Crippen molar-refractivity contribution in [2.75, 3.05) is 19.8 Å². The molecule has 118 valence electrons. The molecule has 1 unspecified atom stereocenters. The van der Waals surface area contributed by atoms with Gasteiger partial charge in [-0.2, -0.15) is 0 Å². The van der Waals surface area contributed by atoms with Crippen LogP contribution in [0.2, 0.25) is 0 Å². The van der Waals surface area contributed by atoms with E-state index >= 15 is 0 Å². The number of benzene rings is 1. The molecule has 0 aromatic heterocycles. The molecule has 1 aromatic carbocycles. The molecule has 0 aliphatic heterocycles. The number of hydrogen-bond acceptors (Lipinski definition) is 5. The van der Waals surface area contributed by atoms with Gasteiger partial charge in [0, 0.05) is 31.8 Å². The van der Waals surface area contributed by atoms with E-state index in [1.807, 2.05) is 0 Å². The zero-order valence-corrected chi connectivity index (χ0v) is 12.5. The van der Waals surface area contributed by atoms with Crippen molar-refractivity contribution in [3.8, 4) is 0 Å². The Morgan fingerprint density at radius 1 is 1.36 bits per heavy atom. The molecule has 1 atom stereocenters. The van der Waals surface area contributed by atoms with Crippen LogP contribution in [0.15, 0.2) is 18.2 Å². The van der Waals surface area contributed by atoms with Crippen LogP contribution in [0.25, 0.3) is 0 Å². The van der Waals surface area contributed by atoms with Gasteiger partial charge in [-0.1, -0.05) is 0 Å². The Kier molecular flexibility index (Phi) is 6.25. The fraction of sp³-hybridized carbons (Fsp3) is 0.333. The number of likely N-dealkylation sites (N-methyl/N-ethyl adjacent to an activating group) is 2. The van der Waals surface area contributed by atoms with Crippen LogP contribution in [0, 0.1) is 0 Å². The number of nitrogens with two attached hydrogens (primary N) is 1. The van der Waals surface area contributed by atoms with Crippen molar-refractivity contribution in [3.63, 3.8) is 0 Å². The zero-order valence-electron chi connectivity index (χ0n) is 12.5. The number of hydrogen-bond donors (Lipinski definition) is 2. The summed E-state index contributed by atoms with van der Waals surface area (Å²) < 4.78 is 0. The molecule has 0 heterocycles. The fourth-order valence-corrected chi connectivity index (χ4v) is 2.09. The molecule has 1 aromatic rings. The summed E-state index contributed by atoms with van der Waals surface area (Å²) >= 11 is 0. The average molecular weight is 305 g/mol. The minimum absolute atomic E-state index is 0.123. The number of nitrogens with zero attached hydrogens (tertiary/aromatic N) is 1. The van der Waals surface area contributed by atoms with Crippen molar-refractivity contribution >= 4 is 30.1 Å². The van der Waals surface area contributed by atoms with Gasteiger partial charge in [0.25, 0.3) is 5.91 Å². The van der Waals surface area contributed by atoms with Crippen LogP contribution in [0.4, 0.5) is 5.69 Å². The normalized spacial score (nSPS) is 11.4. The molecule has 7 heteroatoms. The lowest BCUT2D eigenvalue weighted by molar-refractivity contribution is -0.125. The smallest absolute Gasteiger partial charge is 0.255 e. The summed E-state index contributed by atoms with van der Waals surface area (Å²) in [6.45, 7) is 0. The van der Waals surface area contributed by atoms with Gasteiger partial charge in [-0.05, 0) is 24.6 Å². The van der Waals surface area contributed by atoms with Crippen molar-refractivity contribution in [2.24, 2.45) is 0 Å². The Balaban J connectivity index is 3.12. The van der Waals surface area contributed by atoms with Gasteiger partial charge >= 0.3 is 0 Å². The third-order valence-corrected chi connectivity index (χ3v) is 3.33. The standard InChI is InChI=1S/C15H19N3O4/c1-17-14(21)13(4-3-7-19)18(2)15(22)12-8-11(16)6-5-10(12)9-20/h5-9,13H,3-4,16H2,1-2H3,(H,17,21). The van der Waals surface area contributed by atoms with Gasteiger partial charge in [-0.15, -0.1) is 0 Å². The second-order valence-corrected chi connectivity index (χ2v) is 4.75. The Morgan fingerprint density at radius 3 is 2.59 bits per heavy atom. The molecule has 0 saturated carbocycles. The highest BCUT2D eigenvalue weighted by atomic mass is 16.2. The first-order valence-corrected chi connectivity index (χ1v) is 6.73. The van der Waals surface area contributed by atoms with Crippen molar-refractivity contribution in [3.05, 3.63) is 29.3 Å². The molecular weight excluding hydrogens is 286 g/mol. The molecule has 0 spiro atoms. The molecule has 1 rings (SSSR count). The molecule has 0 saturated heterocycles. The highest BCUT2D eigenvalue weighted by Gasteiger charge is 2.27. The Bertz CT molecular complexity index is 586. The molecule has 7 nitrogen and oxygen atoms in total. The quantitative estimate of drug-likeness (QED) is 0.554. The van der Waals surface area contributed by atoms with Crippen LogP contribution in [-0.2, 0) is 9.59 Å². The maximum Gasteiger partial charge on any atom is 0.255 e. The van der Waals surface area contributed by atoms with Crippen LogP contribution < -0.4 is 11.1 Å². The minimum Gasteiger partial charge on any atom is -0.399 e. The van der Waals surface area contributed by atoms with E-state index in [-0.39, 0.29) is 29.9 Å². The van der Waals surface area contributed by atoms with Gasteiger partial charge in [0.1, 0.15) is 12.3 Å². The van der Waals surface area contributed by atoms with Crippen LogP contribution >= 0.6 is 0 Å². The fourth-order valence-electron chi connectivity index (χ4n) is 2.09. The van der Waals surface area contributed by atoms with Crippen LogP contribution in [0.5, 0.6) is 0 Å². The number of carbonyl (C=O) groups is 4. The molecule has 3 N–H and O–H groups in total. The maximum atomic E-state index is 12.5. The molecule has 0 bridgehead atoms. The largest absolute Gasteiger partial charge is 0.399 e. The van der Waals surface area contributed by atoms with E-state index in [9.17, 15) is 19.2 Å². The Hall–Kier alpha value is -2.70. The van der Waals surface area contributed by atoms with E-state index in [4.69, 9.17) is 5.73 Å². The number of nitrogen functional groups attached to an aromatic ring is 1. The summed E-state index contributed by atoms with van der Waals surface area (Å²) in [6.07, 6.45) is 1.59. The van der Waals surface area contributed by atoms with Crippen molar-refractivity contribution < 1.29 is 19.2 Å². The number of carbonyl (C=O) groups excluding carboxylic acids is 4. The van der Waals surface area contributed by atoms with Crippen LogP contribution in [-0.4, -0.2) is 49.4 Å². The first-order valence-electron chi connectivity index (χ1n) is 6.73. The lowest BCUT2D eigenvalue weighted by Crippen LogP contribution is -2.47. The van der Waals surface area contributed by atoms with E-state index in [0.717, 1.165) is 0 Å². The molecule has 0 radical (unpaired) electrons. The lowest BCUT2D eigenvalue weighted by Gasteiger charge is -2.27. The SMILES string of the molecule is CNC(=O)C(CCC=O)N(C)C(=O)c1cc(N)ccc1C=O. The molecule has 0 aliphatic rings.